The van der Waals surface area contributed by atoms with Gasteiger partial charge in [-0.05, 0) is 37.1 Å². The average molecular weight is 432 g/mol. The highest BCUT2D eigenvalue weighted by molar-refractivity contribution is 7.89. The van der Waals surface area contributed by atoms with E-state index in [1.807, 2.05) is 0 Å². The van der Waals surface area contributed by atoms with Crippen LogP contribution >= 0.6 is 0 Å². The second-order valence-electron chi connectivity index (χ2n) is 7.01. The molecule has 2 unspecified atom stereocenters. The molecule has 1 aliphatic heterocycles. The zero-order valence-corrected chi connectivity index (χ0v) is 17.4. The van der Waals surface area contributed by atoms with Gasteiger partial charge in [0.1, 0.15) is 5.75 Å². The van der Waals surface area contributed by atoms with Crippen molar-refractivity contribution in [3.8, 4) is 5.75 Å². The molecule has 2 N–H and O–H groups in total. The van der Waals surface area contributed by atoms with Crippen LogP contribution < -0.4 is 10.5 Å². The Hall–Kier alpha value is -2.91. The van der Waals surface area contributed by atoms with Crippen LogP contribution in [0.4, 0.5) is 0 Å². The van der Waals surface area contributed by atoms with Crippen LogP contribution in [0.15, 0.2) is 59.5 Å². The molecule has 1 amide bonds. The third kappa shape index (κ3) is 4.80. The van der Waals surface area contributed by atoms with E-state index >= 15 is 0 Å². The molecular weight excluding hydrogens is 408 g/mol. The van der Waals surface area contributed by atoms with Crippen LogP contribution in [-0.4, -0.2) is 44.8 Å². The first-order chi connectivity index (χ1) is 14.3. The lowest BCUT2D eigenvalue weighted by Crippen LogP contribution is -2.43. The number of nitrogens with zero attached hydrogens (tertiary/aromatic N) is 1. The minimum atomic E-state index is -3.77. The maximum atomic E-state index is 13.0. The molecule has 8 nitrogen and oxygen atoms in total. The number of methoxy groups -OCH3 is 1. The average Bonchev–Trinajstić information content (AvgIpc) is 2.77. The van der Waals surface area contributed by atoms with Gasteiger partial charge < -0.3 is 15.2 Å². The molecular formula is C21H24N2O6S. The van der Waals surface area contributed by atoms with Gasteiger partial charge in [-0.2, -0.15) is 4.31 Å². The molecule has 160 valence electrons. The van der Waals surface area contributed by atoms with Crippen LogP contribution in [0.1, 0.15) is 24.5 Å². The van der Waals surface area contributed by atoms with Crippen molar-refractivity contribution in [1.29, 1.82) is 0 Å². The van der Waals surface area contributed by atoms with E-state index in [-0.39, 0.29) is 11.4 Å². The van der Waals surface area contributed by atoms with Crippen LogP contribution in [0.25, 0.3) is 0 Å². The lowest BCUT2D eigenvalue weighted by Gasteiger charge is -2.31. The zero-order valence-electron chi connectivity index (χ0n) is 16.6. The number of piperidine rings is 1. The third-order valence-corrected chi connectivity index (χ3v) is 6.89. The topological polar surface area (TPSA) is 116 Å². The second kappa shape index (κ2) is 9.27. The molecule has 30 heavy (non-hydrogen) atoms. The molecule has 2 aromatic rings. The molecule has 0 radical (unpaired) electrons. The monoisotopic (exact) mass is 432 g/mol. The Labute approximate surface area is 175 Å². The highest BCUT2D eigenvalue weighted by Crippen LogP contribution is 2.27. The van der Waals surface area contributed by atoms with Crippen molar-refractivity contribution in [3.05, 3.63) is 60.2 Å². The summed E-state index contributed by atoms with van der Waals surface area (Å²) in [5, 5.41) is 0. The smallest absolute Gasteiger partial charge is 0.311 e. The van der Waals surface area contributed by atoms with E-state index in [0.717, 1.165) is 0 Å². The van der Waals surface area contributed by atoms with Gasteiger partial charge in [-0.15, -0.1) is 0 Å². The number of amides is 1. The third-order valence-electron chi connectivity index (χ3n) is 5.01. The van der Waals surface area contributed by atoms with Gasteiger partial charge in [-0.1, -0.05) is 30.3 Å². The van der Waals surface area contributed by atoms with E-state index in [0.29, 0.717) is 30.7 Å². The van der Waals surface area contributed by atoms with Crippen molar-refractivity contribution < 1.29 is 27.5 Å². The predicted octanol–water partition coefficient (Wildman–Crippen LogP) is 1.87. The molecule has 1 aliphatic rings. The minimum Gasteiger partial charge on any atom is -0.497 e. The summed E-state index contributed by atoms with van der Waals surface area (Å²) in [4.78, 5) is 24.6. The lowest BCUT2D eigenvalue weighted by atomic mass is 9.99. The van der Waals surface area contributed by atoms with E-state index in [9.17, 15) is 18.0 Å². The number of hydrogen-bond acceptors (Lipinski definition) is 6. The number of primary amides is 1. The fourth-order valence-electron chi connectivity index (χ4n) is 3.38. The lowest BCUT2D eigenvalue weighted by molar-refractivity contribution is -0.160. The van der Waals surface area contributed by atoms with Gasteiger partial charge in [0.25, 0.3) is 5.91 Å². The van der Waals surface area contributed by atoms with Gasteiger partial charge in [-0.3, -0.25) is 9.59 Å². The second-order valence-corrected chi connectivity index (χ2v) is 8.95. The number of benzene rings is 2. The molecule has 1 saturated heterocycles. The number of nitrogens with two attached hydrogens (primary N) is 1. The van der Waals surface area contributed by atoms with Crippen molar-refractivity contribution in [2.75, 3.05) is 20.2 Å². The molecule has 1 fully saturated rings. The standard InChI is InChI=1S/C21H24N2O6S/c1-28-17-9-11-18(12-10-17)30(26,27)23-13-5-8-16(14-23)21(25)29-19(20(22)24)15-6-3-2-4-7-15/h2-4,6-7,9-12,16,19H,5,8,13-14H2,1H3,(H2,22,24). The number of ether oxygens (including phenoxy) is 2. The Morgan fingerprint density at radius 3 is 2.37 bits per heavy atom. The van der Waals surface area contributed by atoms with E-state index in [2.05, 4.69) is 0 Å². The maximum absolute atomic E-state index is 13.0. The van der Waals surface area contributed by atoms with Crippen molar-refractivity contribution in [3.63, 3.8) is 0 Å². The van der Waals surface area contributed by atoms with Crippen LogP contribution in [0.3, 0.4) is 0 Å². The van der Waals surface area contributed by atoms with Crippen LogP contribution in [0, 0.1) is 5.92 Å². The molecule has 2 aromatic carbocycles. The highest BCUT2D eigenvalue weighted by atomic mass is 32.2. The molecule has 2 atom stereocenters. The normalized spacial score (nSPS) is 18.4. The SMILES string of the molecule is COc1ccc(S(=O)(=O)N2CCCC(C(=O)OC(C(N)=O)c3ccccc3)C2)cc1. The summed E-state index contributed by atoms with van der Waals surface area (Å²) in [5.41, 5.74) is 5.88. The quantitative estimate of drug-likeness (QED) is 0.668. The number of esters is 1. The Kier molecular flexibility index (Phi) is 6.73. The van der Waals surface area contributed by atoms with Crippen LogP contribution in [0.5, 0.6) is 5.75 Å². The Bertz CT molecular complexity index is 992. The predicted molar refractivity (Wildman–Crippen MR) is 109 cm³/mol. The van der Waals surface area contributed by atoms with Crippen LogP contribution in [0.2, 0.25) is 0 Å². The Morgan fingerprint density at radius 2 is 1.77 bits per heavy atom. The summed E-state index contributed by atoms with van der Waals surface area (Å²) < 4.78 is 37.6. The van der Waals surface area contributed by atoms with Gasteiger partial charge >= 0.3 is 5.97 Å². The molecule has 9 heteroatoms. The maximum Gasteiger partial charge on any atom is 0.311 e. The summed E-state index contributed by atoms with van der Waals surface area (Å²) in [5.74, 6) is -1.56. The van der Waals surface area contributed by atoms with E-state index < -0.39 is 33.9 Å². The van der Waals surface area contributed by atoms with Crippen molar-refractivity contribution in [2.45, 2.75) is 23.8 Å². The fraction of sp³-hybridized carbons (Fsp3) is 0.333. The largest absolute Gasteiger partial charge is 0.497 e. The van der Waals surface area contributed by atoms with E-state index in [4.69, 9.17) is 15.2 Å². The van der Waals surface area contributed by atoms with Gasteiger partial charge in [0.15, 0.2) is 0 Å². The molecule has 0 aromatic heterocycles. The minimum absolute atomic E-state index is 0.0204. The van der Waals surface area contributed by atoms with E-state index in [1.54, 1.807) is 42.5 Å². The zero-order chi connectivity index (χ0) is 21.7. The van der Waals surface area contributed by atoms with Crippen molar-refractivity contribution in [1.82, 2.24) is 4.31 Å². The summed E-state index contributed by atoms with van der Waals surface area (Å²) >= 11 is 0. The number of carbonyl (C=O) groups excluding carboxylic acids is 2. The fourth-order valence-corrected chi connectivity index (χ4v) is 4.90. The molecule has 0 spiro atoms. The van der Waals surface area contributed by atoms with E-state index in [1.165, 1.54) is 23.5 Å². The van der Waals surface area contributed by atoms with Gasteiger partial charge in [0.2, 0.25) is 16.1 Å². The first-order valence-corrected chi connectivity index (χ1v) is 11.0. The number of sulfonamides is 1. The number of rotatable bonds is 7. The van der Waals surface area contributed by atoms with Crippen molar-refractivity contribution in [2.24, 2.45) is 11.7 Å². The molecule has 0 aliphatic carbocycles. The first kappa shape index (κ1) is 21.8. The summed E-state index contributed by atoms with van der Waals surface area (Å²) in [6.45, 7) is 0.281. The molecule has 0 bridgehead atoms. The van der Waals surface area contributed by atoms with Crippen LogP contribution in [-0.2, 0) is 24.3 Å². The number of carbonyl (C=O) groups is 2. The number of hydrogen-bond donors (Lipinski definition) is 1. The van der Waals surface area contributed by atoms with Gasteiger partial charge in [-0.25, -0.2) is 8.42 Å². The summed E-state index contributed by atoms with van der Waals surface area (Å²) in [6, 6.07) is 14.6. The Morgan fingerprint density at radius 1 is 1.10 bits per heavy atom. The first-order valence-electron chi connectivity index (χ1n) is 9.52. The highest BCUT2D eigenvalue weighted by Gasteiger charge is 2.35. The van der Waals surface area contributed by atoms with Gasteiger partial charge in [0, 0.05) is 18.7 Å². The molecule has 0 saturated carbocycles. The van der Waals surface area contributed by atoms with Gasteiger partial charge in [0.05, 0.1) is 17.9 Å². The summed E-state index contributed by atoms with van der Waals surface area (Å²) in [6.07, 6.45) is -0.248. The molecule has 3 rings (SSSR count). The van der Waals surface area contributed by atoms with Crippen molar-refractivity contribution >= 4 is 21.9 Å². The molecule has 1 heterocycles. The summed E-state index contributed by atoms with van der Waals surface area (Å²) in [7, 11) is -2.27. The Balaban J connectivity index is 1.73.